The summed E-state index contributed by atoms with van der Waals surface area (Å²) in [6, 6.07) is 12.4. The molecule has 0 fully saturated rings. The molecule has 0 heterocycles. The molecular weight excluding hydrogens is 512 g/mol. The molecule has 2 aromatic rings. The molecule has 2 aliphatic carbocycles. The largest absolute Gasteiger partial charge is 0.381 e. The summed E-state index contributed by atoms with van der Waals surface area (Å²) < 4.78 is 0. The van der Waals surface area contributed by atoms with Gasteiger partial charge in [-0.2, -0.15) is 0 Å². The summed E-state index contributed by atoms with van der Waals surface area (Å²) in [7, 11) is 0. The van der Waals surface area contributed by atoms with Gasteiger partial charge in [-0.05, 0) is 43.4 Å². The smallest absolute Gasteiger partial charge is 0.209 e. The summed E-state index contributed by atoms with van der Waals surface area (Å²) in [5.41, 5.74) is 3.46. The maximum Gasteiger partial charge on any atom is 0.209 e. The second kappa shape index (κ2) is 14.6. The summed E-state index contributed by atoms with van der Waals surface area (Å²) in [6.45, 7) is 3.10. The van der Waals surface area contributed by atoms with E-state index in [0.717, 1.165) is 44.1 Å². The fraction of sp³-hybridized carbons (Fsp3) is 0.314. The lowest BCUT2D eigenvalue weighted by Gasteiger charge is -2.17. The number of hydrogen-bond acceptors (Lipinski definition) is 6. The van der Waals surface area contributed by atoms with Crippen LogP contribution in [0.15, 0.2) is 66.0 Å². The number of ketones is 4. The molecule has 0 amide bonds. The summed E-state index contributed by atoms with van der Waals surface area (Å²) in [4.78, 5) is 50.3. The van der Waals surface area contributed by atoms with Crippen molar-refractivity contribution in [1.29, 1.82) is 0 Å². The number of nitrogens with one attached hydrogen (secondary N) is 2. The zero-order valence-electron chi connectivity index (χ0n) is 23.4. The van der Waals surface area contributed by atoms with Gasteiger partial charge in [-0.25, -0.2) is 0 Å². The third kappa shape index (κ3) is 7.71. The Hall–Kier alpha value is -4.68. The van der Waals surface area contributed by atoms with E-state index >= 15 is 0 Å². The van der Waals surface area contributed by atoms with E-state index in [-0.39, 0.29) is 23.1 Å². The molecule has 0 atom stereocenters. The van der Waals surface area contributed by atoms with Gasteiger partial charge < -0.3 is 10.6 Å². The summed E-state index contributed by atoms with van der Waals surface area (Å²) in [6.07, 6.45) is 9.22. The molecule has 208 valence electrons. The number of carbonyl (C=O) groups excluding carboxylic acids is 4. The Morgan fingerprint density at radius 2 is 1.17 bits per heavy atom. The van der Waals surface area contributed by atoms with Crippen LogP contribution in [0.4, 0.5) is 0 Å². The Bertz CT molecular complexity index is 1540. The molecule has 0 bridgehead atoms. The van der Waals surface area contributed by atoms with Crippen molar-refractivity contribution in [2.24, 2.45) is 0 Å². The van der Waals surface area contributed by atoms with Gasteiger partial charge in [0.05, 0.1) is 11.4 Å². The molecule has 0 spiro atoms. The van der Waals surface area contributed by atoms with Crippen LogP contribution in [0.1, 0.15) is 98.9 Å². The molecule has 0 unspecified atom stereocenters. The first-order chi connectivity index (χ1) is 20.0. The number of benzene rings is 2. The van der Waals surface area contributed by atoms with Crippen LogP contribution in [0.2, 0.25) is 0 Å². The van der Waals surface area contributed by atoms with Crippen LogP contribution in [0.25, 0.3) is 0 Å². The van der Waals surface area contributed by atoms with E-state index < -0.39 is 0 Å². The Labute approximate surface area is 241 Å². The molecule has 6 heteroatoms. The van der Waals surface area contributed by atoms with Gasteiger partial charge in [-0.15, -0.1) is 23.7 Å². The second-order valence-electron chi connectivity index (χ2n) is 9.95. The molecule has 0 saturated heterocycles. The zero-order valence-corrected chi connectivity index (χ0v) is 23.4. The summed E-state index contributed by atoms with van der Waals surface area (Å²) >= 11 is 0. The monoisotopic (exact) mass is 546 g/mol. The van der Waals surface area contributed by atoms with Crippen molar-refractivity contribution in [3.05, 3.63) is 93.8 Å². The first-order valence-corrected chi connectivity index (χ1v) is 14.2. The van der Waals surface area contributed by atoms with Crippen LogP contribution >= 0.6 is 0 Å². The van der Waals surface area contributed by atoms with E-state index in [2.05, 4.69) is 41.2 Å². The molecule has 6 nitrogen and oxygen atoms in total. The molecule has 0 saturated carbocycles. The van der Waals surface area contributed by atoms with Gasteiger partial charge in [-0.1, -0.05) is 37.3 Å². The van der Waals surface area contributed by atoms with Crippen LogP contribution in [-0.4, -0.2) is 36.2 Å². The molecule has 2 N–H and O–H groups in total. The maximum atomic E-state index is 12.8. The quantitative estimate of drug-likeness (QED) is 0.290. The lowest BCUT2D eigenvalue weighted by molar-refractivity contribution is 0.0978. The van der Waals surface area contributed by atoms with E-state index in [9.17, 15) is 19.2 Å². The molecule has 4 rings (SSSR count). The third-order valence-electron chi connectivity index (χ3n) is 6.84. The van der Waals surface area contributed by atoms with Crippen molar-refractivity contribution in [3.8, 4) is 23.7 Å². The fourth-order valence-electron chi connectivity index (χ4n) is 4.69. The Morgan fingerprint density at radius 1 is 0.610 bits per heavy atom. The highest BCUT2D eigenvalue weighted by Crippen LogP contribution is 2.23. The van der Waals surface area contributed by atoms with Gasteiger partial charge >= 0.3 is 0 Å². The third-order valence-corrected chi connectivity index (χ3v) is 6.84. The highest BCUT2D eigenvalue weighted by molar-refractivity contribution is 6.25. The van der Waals surface area contributed by atoms with E-state index in [1.54, 1.807) is 30.3 Å². The number of allylic oxidation sites excluding steroid dienone is 4. The average molecular weight is 547 g/mol. The second-order valence-corrected chi connectivity index (χ2v) is 9.95. The lowest BCUT2D eigenvalue weighted by atomic mass is 9.90. The number of Topliss-reactive ketones (excluding diaryl/α,β-unsaturated/α-hetero) is 2. The highest BCUT2D eigenvalue weighted by Gasteiger charge is 2.26. The first kappa shape index (κ1) is 29.3. The van der Waals surface area contributed by atoms with Crippen molar-refractivity contribution < 1.29 is 19.2 Å². The molecule has 2 aromatic carbocycles. The van der Waals surface area contributed by atoms with Crippen molar-refractivity contribution in [3.63, 3.8) is 0 Å². The molecule has 0 aliphatic heterocycles. The van der Waals surface area contributed by atoms with Crippen molar-refractivity contribution in [2.75, 3.05) is 13.1 Å². The van der Waals surface area contributed by atoms with Crippen molar-refractivity contribution in [1.82, 2.24) is 10.6 Å². The van der Waals surface area contributed by atoms with Crippen LogP contribution in [0.5, 0.6) is 0 Å². The first-order valence-electron chi connectivity index (χ1n) is 14.2. The minimum absolute atomic E-state index is 0.153. The SMILES string of the molecule is CCCC#CCCNC1=CC(=O)c2cc(CCCCC#CCCNC3=CC(=O)c4ccccc4C3=O)ccc2C1=O. The van der Waals surface area contributed by atoms with E-state index in [0.29, 0.717) is 59.6 Å². The minimum atomic E-state index is -0.169. The molecule has 2 aliphatic rings. The van der Waals surface area contributed by atoms with Gasteiger partial charge in [0.25, 0.3) is 0 Å². The van der Waals surface area contributed by atoms with E-state index in [4.69, 9.17) is 0 Å². The van der Waals surface area contributed by atoms with Gasteiger partial charge in [0.2, 0.25) is 11.6 Å². The number of aryl methyl sites for hydroxylation is 1. The predicted octanol–water partition coefficient (Wildman–Crippen LogP) is 5.39. The average Bonchev–Trinajstić information content (AvgIpc) is 2.98. The molecule has 41 heavy (non-hydrogen) atoms. The van der Waals surface area contributed by atoms with Crippen LogP contribution < -0.4 is 10.6 Å². The van der Waals surface area contributed by atoms with Crippen LogP contribution in [0, 0.1) is 23.7 Å². The van der Waals surface area contributed by atoms with Crippen LogP contribution in [-0.2, 0) is 6.42 Å². The number of fused-ring (bicyclic) bond motifs is 2. The van der Waals surface area contributed by atoms with E-state index in [1.165, 1.54) is 12.2 Å². The molecule has 0 radical (unpaired) electrons. The summed E-state index contributed by atoms with van der Waals surface area (Å²) in [5, 5.41) is 6.11. The van der Waals surface area contributed by atoms with Crippen LogP contribution in [0.3, 0.4) is 0 Å². The number of unbranched alkanes of at least 4 members (excludes halogenated alkanes) is 3. The Kier molecular flexibility index (Phi) is 10.5. The number of carbonyl (C=O) groups is 4. The van der Waals surface area contributed by atoms with Gasteiger partial charge in [-0.3, -0.25) is 19.2 Å². The zero-order chi connectivity index (χ0) is 29.0. The molecule has 0 aromatic heterocycles. The lowest BCUT2D eigenvalue weighted by Crippen LogP contribution is -2.27. The highest BCUT2D eigenvalue weighted by atomic mass is 16.1. The van der Waals surface area contributed by atoms with Gasteiger partial charge in [0.1, 0.15) is 0 Å². The van der Waals surface area contributed by atoms with Crippen molar-refractivity contribution >= 4 is 23.1 Å². The summed E-state index contributed by atoms with van der Waals surface area (Å²) in [5.74, 6) is 11.8. The van der Waals surface area contributed by atoms with Gasteiger partial charge in [0, 0.05) is 73.2 Å². The fourth-order valence-corrected chi connectivity index (χ4v) is 4.69. The minimum Gasteiger partial charge on any atom is -0.381 e. The van der Waals surface area contributed by atoms with Gasteiger partial charge in [0.15, 0.2) is 11.6 Å². The molecular formula is C35H34N2O4. The van der Waals surface area contributed by atoms with E-state index in [1.807, 2.05) is 12.1 Å². The van der Waals surface area contributed by atoms with Crippen molar-refractivity contribution in [2.45, 2.75) is 58.3 Å². The maximum absolute atomic E-state index is 12.8. The standard InChI is InChI=1S/C35H34N2O4/c1-2-3-4-8-13-20-37-31-24-33(39)29-22-25(18-19-28(29)35(31)41)15-10-7-5-6-9-14-21-36-30-23-32(38)26-16-11-12-17-27(26)34(30)40/h11-12,16-19,22-24,36-37H,2-3,5,7,10,13-15,20-21H2,1H3. The topological polar surface area (TPSA) is 92.3 Å². The Balaban J connectivity index is 1.16. The number of hydrogen-bond donors (Lipinski definition) is 2. The Morgan fingerprint density at radius 3 is 1.83 bits per heavy atom. The normalized spacial score (nSPS) is 13.6. The number of rotatable bonds is 11. The predicted molar refractivity (Wildman–Crippen MR) is 160 cm³/mol.